The van der Waals surface area contributed by atoms with Crippen molar-refractivity contribution in [1.29, 1.82) is 0 Å². The van der Waals surface area contributed by atoms with Gasteiger partial charge < -0.3 is 29.7 Å². The summed E-state index contributed by atoms with van der Waals surface area (Å²) in [4.78, 5) is 29.7. The molecule has 2 aromatic carbocycles. The summed E-state index contributed by atoms with van der Waals surface area (Å²) in [6.07, 6.45) is 0.747. The molecule has 1 aliphatic rings. The first-order valence-corrected chi connectivity index (χ1v) is 13.1. The number of rotatable bonds is 11. The smallest absolute Gasteiger partial charge is 0.405 e. The second-order valence-corrected chi connectivity index (χ2v) is 11.1. The normalized spacial score (nSPS) is 14.8. The Hall–Kier alpha value is -4.29. The Morgan fingerprint density at radius 1 is 1.10 bits per heavy atom. The summed E-state index contributed by atoms with van der Waals surface area (Å²) < 4.78 is 76.2. The predicted octanol–water partition coefficient (Wildman–Crippen LogP) is 6.30. The van der Waals surface area contributed by atoms with Gasteiger partial charge in [-0.05, 0) is 56.0 Å². The third-order valence-corrected chi connectivity index (χ3v) is 7.08. The number of carbonyl (C=O) groups is 2. The lowest BCUT2D eigenvalue weighted by molar-refractivity contribution is -0.0707. The number of nitrogens with zero attached hydrogens (tertiary/aromatic N) is 1. The molecule has 1 atom stereocenters. The molecule has 4 rings (SSSR count). The van der Waals surface area contributed by atoms with E-state index in [1.165, 1.54) is 31.2 Å². The van der Waals surface area contributed by atoms with Crippen LogP contribution < -0.4 is 20.5 Å². The van der Waals surface area contributed by atoms with Gasteiger partial charge in [-0.15, -0.1) is 0 Å². The Morgan fingerprint density at radius 2 is 1.76 bits per heavy atom. The fraction of sp³-hybridized carbons (Fsp3) is 0.414. The molecule has 1 aromatic heterocycles. The van der Waals surface area contributed by atoms with Crippen LogP contribution in [0.25, 0.3) is 11.5 Å². The minimum Gasteiger partial charge on any atom is -0.489 e. The van der Waals surface area contributed by atoms with Crippen molar-refractivity contribution < 1.29 is 45.8 Å². The SMILES string of the molecule is CC(C)(C)C(C)(OC(N)=O)c1oc(-c2ccc(OC(F)F)c(OCC3CC3)c2)nc1C(=O)NCc1c(F)cccc1F. The maximum Gasteiger partial charge on any atom is 0.405 e. The molecule has 226 valence electrons. The molecule has 1 heterocycles. The fourth-order valence-electron chi connectivity index (χ4n) is 4.06. The van der Waals surface area contributed by atoms with Crippen molar-refractivity contribution in [2.24, 2.45) is 17.1 Å². The van der Waals surface area contributed by atoms with Crippen LogP contribution in [0, 0.1) is 23.0 Å². The first-order chi connectivity index (χ1) is 19.7. The van der Waals surface area contributed by atoms with Gasteiger partial charge >= 0.3 is 12.7 Å². The lowest BCUT2D eigenvalue weighted by Gasteiger charge is -2.38. The number of ether oxygens (including phenoxy) is 3. The molecule has 0 saturated heterocycles. The number of primary amides is 1. The molecule has 0 radical (unpaired) electrons. The van der Waals surface area contributed by atoms with E-state index in [-0.39, 0.29) is 46.6 Å². The van der Waals surface area contributed by atoms with E-state index in [0.717, 1.165) is 25.0 Å². The van der Waals surface area contributed by atoms with Crippen LogP contribution >= 0.6 is 0 Å². The van der Waals surface area contributed by atoms with E-state index in [1.54, 1.807) is 20.8 Å². The summed E-state index contributed by atoms with van der Waals surface area (Å²) in [5, 5.41) is 2.42. The molecule has 2 amide bonds. The van der Waals surface area contributed by atoms with E-state index in [1.807, 2.05) is 0 Å². The summed E-state index contributed by atoms with van der Waals surface area (Å²) in [5.41, 5.74) is 2.27. The number of alkyl halides is 2. The molecule has 1 fully saturated rings. The van der Waals surface area contributed by atoms with Crippen molar-refractivity contribution in [1.82, 2.24) is 10.3 Å². The molecule has 3 aromatic rings. The van der Waals surface area contributed by atoms with E-state index in [2.05, 4.69) is 15.0 Å². The van der Waals surface area contributed by atoms with Gasteiger partial charge in [-0.3, -0.25) is 4.79 Å². The quantitative estimate of drug-likeness (QED) is 0.250. The van der Waals surface area contributed by atoms with Crippen LogP contribution in [-0.2, 0) is 16.9 Å². The molecule has 1 saturated carbocycles. The number of carbonyl (C=O) groups excluding carboxylic acids is 2. The van der Waals surface area contributed by atoms with Crippen LogP contribution in [-0.4, -0.2) is 30.2 Å². The van der Waals surface area contributed by atoms with Crippen molar-refractivity contribution in [3.05, 3.63) is 65.1 Å². The van der Waals surface area contributed by atoms with Gasteiger partial charge in [0.2, 0.25) is 5.89 Å². The number of benzene rings is 2. The van der Waals surface area contributed by atoms with Gasteiger partial charge in [0.25, 0.3) is 5.91 Å². The predicted molar refractivity (Wildman–Crippen MR) is 142 cm³/mol. The number of oxazole rings is 1. The average Bonchev–Trinajstić information content (AvgIpc) is 3.61. The second kappa shape index (κ2) is 11.9. The zero-order chi connectivity index (χ0) is 30.8. The summed E-state index contributed by atoms with van der Waals surface area (Å²) >= 11 is 0. The van der Waals surface area contributed by atoms with Gasteiger partial charge in [-0.25, -0.2) is 18.6 Å². The van der Waals surface area contributed by atoms with Crippen LogP contribution in [0.15, 0.2) is 40.8 Å². The summed E-state index contributed by atoms with van der Waals surface area (Å²) in [5.74, 6) is -2.88. The molecular weight excluding hydrogens is 562 g/mol. The average molecular weight is 594 g/mol. The molecule has 1 aliphatic carbocycles. The zero-order valence-electron chi connectivity index (χ0n) is 23.4. The second-order valence-electron chi connectivity index (χ2n) is 11.1. The number of hydrogen-bond donors (Lipinski definition) is 2. The van der Waals surface area contributed by atoms with Crippen molar-refractivity contribution in [2.75, 3.05) is 6.61 Å². The minimum atomic E-state index is -3.10. The first kappa shape index (κ1) is 30.7. The highest BCUT2D eigenvalue weighted by molar-refractivity contribution is 5.94. The number of amides is 2. The maximum atomic E-state index is 14.2. The molecule has 0 aliphatic heterocycles. The highest BCUT2D eigenvalue weighted by atomic mass is 19.3. The van der Waals surface area contributed by atoms with Gasteiger partial charge in [0.1, 0.15) is 11.6 Å². The van der Waals surface area contributed by atoms with E-state index >= 15 is 0 Å². The molecule has 42 heavy (non-hydrogen) atoms. The number of aromatic nitrogens is 1. The molecular formula is C29H31F4N3O6. The van der Waals surface area contributed by atoms with E-state index in [4.69, 9.17) is 19.6 Å². The highest BCUT2D eigenvalue weighted by Gasteiger charge is 2.49. The van der Waals surface area contributed by atoms with Crippen molar-refractivity contribution in [3.8, 4) is 23.0 Å². The van der Waals surface area contributed by atoms with Crippen LogP contribution in [0.1, 0.15) is 62.3 Å². The summed E-state index contributed by atoms with van der Waals surface area (Å²) in [6, 6.07) is 7.27. The molecule has 0 spiro atoms. The molecule has 13 heteroatoms. The summed E-state index contributed by atoms with van der Waals surface area (Å²) in [7, 11) is 0. The largest absolute Gasteiger partial charge is 0.489 e. The van der Waals surface area contributed by atoms with Gasteiger partial charge in [0.15, 0.2) is 28.6 Å². The minimum absolute atomic E-state index is 0.00690. The number of nitrogens with two attached hydrogens (primary N) is 1. The van der Waals surface area contributed by atoms with Crippen LogP contribution in [0.2, 0.25) is 0 Å². The van der Waals surface area contributed by atoms with Crippen LogP contribution in [0.3, 0.4) is 0 Å². The Labute approximate surface area is 239 Å². The highest BCUT2D eigenvalue weighted by Crippen LogP contribution is 2.45. The molecule has 0 bridgehead atoms. The Morgan fingerprint density at radius 3 is 2.33 bits per heavy atom. The van der Waals surface area contributed by atoms with E-state index in [0.29, 0.717) is 5.92 Å². The number of hydrogen-bond acceptors (Lipinski definition) is 7. The van der Waals surface area contributed by atoms with Crippen molar-refractivity contribution in [3.63, 3.8) is 0 Å². The topological polar surface area (TPSA) is 126 Å². The molecule has 3 N–H and O–H groups in total. The first-order valence-electron chi connectivity index (χ1n) is 13.1. The fourth-order valence-corrected chi connectivity index (χ4v) is 4.06. The van der Waals surface area contributed by atoms with Crippen LogP contribution in [0.5, 0.6) is 11.5 Å². The number of nitrogens with one attached hydrogen (secondary N) is 1. The standard InChI is InChI=1S/C29H31F4N3O6/c1-28(2,3)29(4,42-27(34)38)23-22(24(37)35-13-17-18(30)6-5-7-19(17)31)36-25(41-23)16-10-11-20(40-26(32)33)21(12-16)39-14-15-8-9-15/h5-7,10-12,15,26H,8-9,13-14H2,1-4H3,(H2,34,38)(H,35,37). The van der Waals surface area contributed by atoms with Gasteiger partial charge in [0, 0.05) is 23.1 Å². The summed E-state index contributed by atoms with van der Waals surface area (Å²) in [6.45, 7) is 3.24. The maximum absolute atomic E-state index is 14.2. The van der Waals surface area contributed by atoms with Crippen LogP contribution in [0.4, 0.5) is 22.4 Å². The zero-order valence-corrected chi connectivity index (χ0v) is 23.4. The van der Waals surface area contributed by atoms with Crippen molar-refractivity contribution >= 4 is 12.0 Å². The van der Waals surface area contributed by atoms with Crippen molar-refractivity contribution in [2.45, 2.75) is 59.3 Å². The lowest BCUT2D eigenvalue weighted by Crippen LogP contribution is -2.44. The molecule has 1 unspecified atom stereocenters. The van der Waals surface area contributed by atoms with Gasteiger partial charge in [-0.2, -0.15) is 8.78 Å². The third-order valence-electron chi connectivity index (χ3n) is 7.08. The monoisotopic (exact) mass is 593 g/mol. The van der Waals surface area contributed by atoms with Gasteiger partial charge in [-0.1, -0.05) is 26.8 Å². The van der Waals surface area contributed by atoms with E-state index in [9.17, 15) is 27.2 Å². The Kier molecular flexibility index (Phi) is 8.69. The van der Waals surface area contributed by atoms with Gasteiger partial charge in [0.05, 0.1) is 6.61 Å². The molecule has 9 nitrogen and oxygen atoms in total. The third kappa shape index (κ3) is 6.77. The van der Waals surface area contributed by atoms with E-state index < -0.39 is 47.8 Å². The lowest BCUT2D eigenvalue weighted by atomic mass is 9.75. The Balaban J connectivity index is 1.78. The number of halogens is 4. The Bertz CT molecular complexity index is 1450.